The van der Waals surface area contributed by atoms with Crippen molar-refractivity contribution in [3.8, 4) is 11.3 Å². The fraction of sp³-hybridized carbons (Fsp3) is 0.125. The molecule has 0 aliphatic carbocycles. The molecule has 3 aromatic heterocycles. The zero-order valence-corrected chi connectivity index (χ0v) is 12.4. The van der Waals surface area contributed by atoms with Crippen LogP contribution in [0.2, 0.25) is 0 Å². The Hall–Kier alpha value is -3.09. The van der Waals surface area contributed by atoms with Crippen LogP contribution < -0.4 is 5.32 Å². The van der Waals surface area contributed by atoms with E-state index < -0.39 is 11.7 Å². The van der Waals surface area contributed by atoms with Crippen LogP contribution in [0.1, 0.15) is 15.9 Å². The second-order valence-corrected chi connectivity index (χ2v) is 4.96. The SMILES string of the molecule is Cn1nccc1-c1cncc(CNC(=O)c2ccncc2F)c1. The normalized spacial score (nSPS) is 10.5. The maximum atomic E-state index is 13.5. The zero-order chi connectivity index (χ0) is 16.2. The summed E-state index contributed by atoms with van der Waals surface area (Å²) in [6, 6.07) is 5.13. The topological polar surface area (TPSA) is 72.7 Å². The smallest absolute Gasteiger partial charge is 0.254 e. The van der Waals surface area contributed by atoms with Gasteiger partial charge < -0.3 is 5.32 Å². The van der Waals surface area contributed by atoms with Gasteiger partial charge in [-0.3, -0.25) is 19.4 Å². The Balaban J connectivity index is 1.73. The van der Waals surface area contributed by atoms with E-state index in [2.05, 4.69) is 20.4 Å². The van der Waals surface area contributed by atoms with Gasteiger partial charge in [0.1, 0.15) is 0 Å². The molecule has 0 aromatic carbocycles. The molecule has 1 N–H and O–H groups in total. The molecule has 0 bridgehead atoms. The number of carbonyl (C=O) groups is 1. The minimum atomic E-state index is -0.647. The zero-order valence-electron chi connectivity index (χ0n) is 12.4. The minimum absolute atomic E-state index is 0.0317. The van der Waals surface area contributed by atoms with Crippen molar-refractivity contribution in [2.45, 2.75) is 6.54 Å². The van der Waals surface area contributed by atoms with Crippen LogP contribution in [0.5, 0.6) is 0 Å². The summed E-state index contributed by atoms with van der Waals surface area (Å²) < 4.78 is 15.3. The molecular formula is C16H14FN5O. The van der Waals surface area contributed by atoms with E-state index in [1.807, 2.05) is 19.2 Å². The van der Waals surface area contributed by atoms with Crippen LogP contribution in [0, 0.1) is 5.82 Å². The summed E-state index contributed by atoms with van der Waals surface area (Å²) in [6.45, 7) is 0.249. The predicted molar refractivity (Wildman–Crippen MR) is 81.8 cm³/mol. The molecule has 0 aliphatic rings. The number of hydrogen-bond acceptors (Lipinski definition) is 4. The summed E-state index contributed by atoms with van der Waals surface area (Å²) in [5, 5.41) is 6.79. The molecule has 0 atom stereocenters. The van der Waals surface area contributed by atoms with Gasteiger partial charge in [0, 0.05) is 43.9 Å². The fourth-order valence-electron chi connectivity index (χ4n) is 2.22. The van der Waals surface area contributed by atoms with Crippen LogP contribution in [0.4, 0.5) is 4.39 Å². The van der Waals surface area contributed by atoms with Crippen molar-refractivity contribution in [2.24, 2.45) is 7.05 Å². The lowest BCUT2D eigenvalue weighted by molar-refractivity contribution is 0.0946. The molecule has 1 amide bonds. The molecule has 116 valence electrons. The molecule has 0 radical (unpaired) electrons. The highest BCUT2D eigenvalue weighted by Crippen LogP contribution is 2.18. The lowest BCUT2D eigenvalue weighted by Gasteiger charge is -2.07. The number of carbonyl (C=O) groups excluding carboxylic acids is 1. The van der Waals surface area contributed by atoms with E-state index in [0.717, 1.165) is 23.0 Å². The van der Waals surface area contributed by atoms with E-state index in [1.54, 1.807) is 23.3 Å². The third kappa shape index (κ3) is 3.23. The molecule has 0 unspecified atom stereocenters. The van der Waals surface area contributed by atoms with Gasteiger partial charge in [-0.05, 0) is 23.8 Å². The average Bonchev–Trinajstić information content (AvgIpc) is 2.99. The van der Waals surface area contributed by atoms with E-state index >= 15 is 0 Å². The average molecular weight is 311 g/mol. The summed E-state index contributed by atoms with van der Waals surface area (Å²) in [7, 11) is 1.84. The molecular weight excluding hydrogens is 297 g/mol. The third-order valence-corrected chi connectivity index (χ3v) is 3.38. The Morgan fingerprint density at radius 2 is 2.09 bits per heavy atom. The second kappa shape index (κ2) is 6.35. The first kappa shape index (κ1) is 14.8. The molecule has 3 aromatic rings. The Bertz CT molecular complexity index is 846. The number of aromatic nitrogens is 4. The maximum Gasteiger partial charge on any atom is 0.254 e. The summed E-state index contributed by atoms with van der Waals surface area (Å²) in [6.07, 6.45) is 7.48. The van der Waals surface area contributed by atoms with Crippen LogP contribution in [0.3, 0.4) is 0 Å². The van der Waals surface area contributed by atoms with Crippen molar-refractivity contribution in [3.05, 3.63) is 66.1 Å². The van der Waals surface area contributed by atoms with Gasteiger partial charge >= 0.3 is 0 Å². The maximum absolute atomic E-state index is 13.5. The number of pyridine rings is 2. The number of nitrogens with one attached hydrogen (secondary N) is 1. The Morgan fingerprint density at radius 3 is 2.83 bits per heavy atom. The van der Waals surface area contributed by atoms with Crippen LogP contribution in [0.25, 0.3) is 11.3 Å². The van der Waals surface area contributed by atoms with E-state index in [-0.39, 0.29) is 12.1 Å². The summed E-state index contributed by atoms with van der Waals surface area (Å²) in [5.74, 6) is -1.14. The van der Waals surface area contributed by atoms with Gasteiger partial charge in [-0.25, -0.2) is 4.39 Å². The first-order valence-electron chi connectivity index (χ1n) is 6.95. The Kier molecular flexibility index (Phi) is 4.09. The van der Waals surface area contributed by atoms with Crippen molar-refractivity contribution in [2.75, 3.05) is 0 Å². The highest BCUT2D eigenvalue weighted by Gasteiger charge is 2.11. The largest absolute Gasteiger partial charge is 0.348 e. The fourth-order valence-corrected chi connectivity index (χ4v) is 2.22. The molecule has 0 fully saturated rings. The number of rotatable bonds is 4. The summed E-state index contributed by atoms with van der Waals surface area (Å²) in [5.41, 5.74) is 2.60. The molecule has 6 nitrogen and oxygen atoms in total. The number of aryl methyl sites for hydroxylation is 1. The highest BCUT2D eigenvalue weighted by atomic mass is 19.1. The van der Waals surface area contributed by atoms with Gasteiger partial charge in [0.15, 0.2) is 5.82 Å². The molecule has 0 aliphatic heterocycles. The Morgan fingerprint density at radius 1 is 1.22 bits per heavy atom. The van der Waals surface area contributed by atoms with Crippen LogP contribution in [-0.4, -0.2) is 25.7 Å². The van der Waals surface area contributed by atoms with Gasteiger partial charge in [0.25, 0.3) is 5.91 Å². The second-order valence-electron chi connectivity index (χ2n) is 4.96. The number of amides is 1. The van der Waals surface area contributed by atoms with Crippen molar-refractivity contribution < 1.29 is 9.18 Å². The molecule has 0 saturated carbocycles. The van der Waals surface area contributed by atoms with E-state index in [0.29, 0.717) is 0 Å². The van der Waals surface area contributed by atoms with Crippen molar-refractivity contribution >= 4 is 5.91 Å². The van der Waals surface area contributed by atoms with Crippen LogP contribution in [0.15, 0.2) is 49.2 Å². The van der Waals surface area contributed by atoms with E-state index in [1.165, 1.54) is 12.3 Å². The summed E-state index contributed by atoms with van der Waals surface area (Å²) in [4.78, 5) is 19.8. The van der Waals surface area contributed by atoms with Crippen LogP contribution in [-0.2, 0) is 13.6 Å². The quantitative estimate of drug-likeness (QED) is 0.799. The van der Waals surface area contributed by atoms with E-state index in [9.17, 15) is 9.18 Å². The molecule has 7 heteroatoms. The van der Waals surface area contributed by atoms with Crippen LogP contribution >= 0.6 is 0 Å². The van der Waals surface area contributed by atoms with Gasteiger partial charge in [-0.15, -0.1) is 0 Å². The highest BCUT2D eigenvalue weighted by molar-refractivity contribution is 5.94. The van der Waals surface area contributed by atoms with Crippen molar-refractivity contribution in [1.29, 1.82) is 0 Å². The summed E-state index contributed by atoms with van der Waals surface area (Å²) >= 11 is 0. The van der Waals surface area contributed by atoms with Crippen molar-refractivity contribution in [1.82, 2.24) is 25.1 Å². The predicted octanol–water partition coefficient (Wildman–Crippen LogP) is 1.95. The molecule has 0 saturated heterocycles. The van der Waals surface area contributed by atoms with Gasteiger partial charge in [0.2, 0.25) is 0 Å². The monoisotopic (exact) mass is 311 g/mol. The lowest BCUT2D eigenvalue weighted by Crippen LogP contribution is -2.24. The third-order valence-electron chi connectivity index (χ3n) is 3.38. The standard InChI is InChI=1S/C16H14FN5O/c1-22-15(3-5-21-22)12-6-11(7-19-9-12)8-20-16(23)13-2-4-18-10-14(13)17/h2-7,9-10H,8H2,1H3,(H,20,23). The van der Waals surface area contributed by atoms with Gasteiger partial charge in [0.05, 0.1) is 17.5 Å². The number of nitrogens with zero attached hydrogens (tertiary/aromatic N) is 4. The first-order valence-corrected chi connectivity index (χ1v) is 6.95. The molecule has 23 heavy (non-hydrogen) atoms. The van der Waals surface area contributed by atoms with E-state index in [4.69, 9.17) is 0 Å². The molecule has 0 spiro atoms. The first-order chi connectivity index (χ1) is 11.1. The molecule has 3 rings (SSSR count). The number of hydrogen-bond donors (Lipinski definition) is 1. The number of halogens is 1. The van der Waals surface area contributed by atoms with Gasteiger partial charge in [-0.1, -0.05) is 0 Å². The van der Waals surface area contributed by atoms with Gasteiger partial charge in [-0.2, -0.15) is 5.10 Å². The Labute approximate surface area is 132 Å². The lowest BCUT2D eigenvalue weighted by atomic mass is 10.1. The minimum Gasteiger partial charge on any atom is -0.348 e. The van der Waals surface area contributed by atoms with Crippen molar-refractivity contribution in [3.63, 3.8) is 0 Å². The molecule has 3 heterocycles.